The van der Waals surface area contributed by atoms with Crippen molar-refractivity contribution < 1.29 is 8.78 Å². The predicted molar refractivity (Wildman–Crippen MR) is 60.4 cm³/mol. The molecular weight excluding hydrogens is 208 g/mol. The zero-order valence-corrected chi connectivity index (χ0v) is 9.52. The normalized spacial score (nSPS) is 17.7. The largest absolute Gasteiger partial charge is 0.317 e. The molecule has 0 aliphatic carbocycles. The molecule has 1 N–H and O–H groups in total. The molecular formula is C13H17F2N. The average Bonchev–Trinajstić information content (AvgIpc) is 2.27. The van der Waals surface area contributed by atoms with Gasteiger partial charge in [0.1, 0.15) is 11.6 Å². The Labute approximate surface area is 94.9 Å². The highest BCUT2D eigenvalue weighted by atomic mass is 19.1. The van der Waals surface area contributed by atoms with Gasteiger partial charge in [0.2, 0.25) is 0 Å². The van der Waals surface area contributed by atoms with Crippen molar-refractivity contribution in [3.8, 4) is 0 Å². The molecule has 0 radical (unpaired) electrons. The highest BCUT2D eigenvalue weighted by Crippen LogP contribution is 2.22. The number of piperidine rings is 1. The molecule has 1 aromatic rings. The van der Waals surface area contributed by atoms with Gasteiger partial charge in [-0.15, -0.1) is 0 Å². The van der Waals surface area contributed by atoms with Crippen molar-refractivity contribution in [3.05, 3.63) is 34.9 Å². The van der Waals surface area contributed by atoms with Gasteiger partial charge in [0.15, 0.2) is 0 Å². The second-order valence-corrected chi connectivity index (χ2v) is 4.59. The Hall–Kier alpha value is -0.960. The minimum absolute atomic E-state index is 0.401. The number of halogens is 2. The standard InChI is InChI=1S/C13H17F2N/c1-9-6-11(13(15)8-12(9)14)7-10-2-4-16-5-3-10/h6,8,10,16H,2-5,7H2,1H3. The Balaban J connectivity index is 2.11. The Morgan fingerprint density at radius 1 is 1.19 bits per heavy atom. The van der Waals surface area contributed by atoms with Gasteiger partial charge in [-0.3, -0.25) is 0 Å². The highest BCUT2D eigenvalue weighted by molar-refractivity contribution is 5.26. The third-order valence-electron chi connectivity index (χ3n) is 3.29. The molecule has 1 heterocycles. The lowest BCUT2D eigenvalue weighted by Gasteiger charge is -2.22. The molecule has 3 heteroatoms. The van der Waals surface area contributed by atoms with Gasteiger partial charge in [0.25, 0.3) is 0 Å². The molecule has 1 aromatic carbocycles. The molecule has 2 rings (SSSR count). The van der Waals surface area contributed by atoms with Gasteiger partial charge >= 0.3 is 0 Å². The van der Waals surface area contributed by atoms with Gasteiger partial charge in [-0.05, 0) is 56.3 Å². The first-order valence-corrected chi connectivity index (χ1v) is 5.82. The van der Waals surface area contributed by atoms with Crippen LogP contribution in [0.15, 0.2) is 12.1 Å². The van der Waals surface area contributed by atoms with Crippen LogP contribution in [0, 0.1) is 24.5 Å². The number of hydrogen-bond donors (Lipinski definition) is 1. The van der Waals surface area contributed by atoms with Gasteiger partial charge in [-0.25, -0.2) is 8.78 Å². The first-order valence-electron chi connectivity index (χ1n) is 5.82. The molecule has 0 atom stereocenters. The van der Waals surface area contributed by atoms with Crippen LogP contribution in [0.5, 0.6) is 0 Å². The summed E-state index contributed by atoms with van der Waals surface area (Å²) in [5.74, 6) is -0.325. The van der Waals surface area contributed by atoms with Crippen molar-refractivity contribution in [1.82, 2.24) is 5.32 Å². The average molecular weight is 225 g/mol. The zero-order chi connectivity index (χ0) is 11.5. The van der Waals surface area contributed by atoms with Gasteiger partial charge in [-0.2, -0.15) is 0 Å². The second kappa shape index (κ2) is 4.91. The van der Waals surface area contributed by atoms with Crippen LogP contribution in [0.3, 0.4) is 0 Å². The van der Waals surface area contributed by atoms with E-state index in [1.165, 1.54) is 0 Å². The van der Waals surface area contributed by atoms with Crippen molar-refractivity contribution >= 4 is 0 Å². The summed E-state index contributed by atoms with van der Waals surface area (Å²) in [5, 5.41) is 3.28. The van der Waals surface area contributed by atoms with E-state index in [1.54, 1.807) is 13.0 Å². The fourth-order valence-electron chi connectivity index (χ4n) is 2.27. The van der Waals surface area contributed by atoms with Crippen LogP contribution < -0.4 is 5.32 Å². The Bertz CT molecular complexity index is 370. The summed E-state index contributed by atoms with van der Waals surface area (Å²) in [4.78, 5) is 0. The van der Waals surface area contributed by atoms with Gasteiger partial charge < -0.3 is 5.32 Å². The van der Waals surface area contributed by atoms with Crippen molar-refractivity contribution in [1.29, 1.82) is 0 Å². The molecule has 1 aliphatic heterocycles. The van der Waals surface area contributed by atoms with Crippen LogP contribution in [0.25, 0.3) is 0 Å². The van der Waals surface area contributed by atoms with E-state index in [0.29, 0.717) is 17.0 Å². The quantitative estimate of drug-likeness (QED) is 0.816. The maximum Gasteiger partial charge on any atom is 0.129 e. The summed E-state index contributed by atoms with van der Waals surface area (Å²) in [7, 11) is 0. The van der Waals surface area contributed by atoms with Crippen LogP contribution in [0.1, 0.15) is 24.0 Å². The zero-order valence-electron chi connectivity index (χ0n) is 9.52. The molecule has 1 saturated heterocycles. The summed E-state index contributed by atoms with van der Waals surface area (Å²) < 4.78 is 26.6. The van der Waals surface area contributed by atoms with E-state index in [9.17, 15) is 8.78 Å². The van der Waals surface area contributed by atoms with Crippen molar-refractivity contribution in [2.45, 2.75) is 26.2 Å². The third-order valence-corrected chi connectivity index (χ3v) is 3.29. The lowest BCUT2D eigenvalue weighted by molar-refractivity contribution is 0.368. The number of hydrogen-bond acceptors (Lipinski definition) is 1. The Morgan fingerprint density at radius 3 is 2.56 bits per heavy atom. The van der Waals surface area contributed by atoms with Gasteiger partial charge in [-0.1, -0.05) is 6.07 Å². The maximum atomic E-state index is 13.5. The maximum absolute atomic E-state index is 13.5. The van der Waals surface area contributed by atoms with E-state index in [2.05, 4.69) is 5.32 Å². The minimum atomic E-state index is -0.452. The van der Waals surface area contributed by atoms with Crippen LogP contribution in [0.4, 0.5) is 8.78 Å². The Morgan fingerprint density at radius 2 is 1.88 bits per heavy atom. The molecule has 0 bridgehead atoms. The van der Waals surface area contributed by atoms with Gasteiger partial charge in [0, 0.05) is 6.07 Å². The highest BCUT2D eigenvalue weighted by Gasteiger charge is 2.16. The number of rotatable bonds is 2. The number of aryl methyl sites for hydroxylation is 1. The summed E-state index contributed by atoms with van der Waals surface area (Å²) >= 11 is 0. The van der Waals surface area contributed by atoms with E-state index < -0.39 is 11.6 Å². The van der Waals surface area contributed by atoms with E-state index in [4.69, 9.17) is 0 Å². The first-order chi connectivity index (χ1) is 7.66. The summed E-state index contributed by atoms with van der Waals surface area (Å²) in [6.45, 7) is 3.69. The van der Waals surface area contributed by atoms with E-state index >= 15 is 0 Å². The van der Waals surface area contributed by atoms with Crippen molar-refractivity contribution in [3.63, 3.8) is 0 Å². The van der Waals surface area contributed by atoms with Crippen LogP contribution in [0.2, 0.25) is 0 Å². The fraction of sp³-hybridized carbons (Fsp3) is 0.538. The third kappa shape index (κ3) is 2.59. The molecule has 1 nitrogen and oxygen atoms in total. The summed E-state index contributed by atoms with van der Waals surface area (Å²) in [6, 6.07) is 2.65. The smallest absolute Gasteiger partial charge is 0.129 e. The first kappa shape index (κ1) is 11.5. The summed E-state index contributed by atoms with van der Waals surface area (Å²) in [5.41, 5.74) is 1.19. The molecule has 0 spiro atoms. The lowest BCUT2D eigenvalue weighted by atomic mass is 9.90. The van der Waals surface area contributed by atoms with Crippen molar-refractivity contribution in [2.75, 3.05) is 13.1 Å². The van der Waals surface area contributed by atoms with Gasteiger partial charge in [0.05, 0.1) is 0 Å². The fourth-order valence-corrected chi connectivity index (χ4v) is 2.27. The van der Waals surface area contributed by atoms with Crippen LogP contribution in [-0.4, -0.2) is 13.1 Å². The number of nitrogens with one attached hydrogen (secondary N) is 1. The topological polar surface area (TPSA) is 12.0 Å². The van der Waals surface area contributed by atoms with Crippen LogP contribution in [-0.2, 0) is 6.42 Å². The van der Waals surface area contributed by atoms with E-state index in [0.717, 1.165) is 38.4 Å². The molecule has 16 heavy (non-hydrogen) atoms. The molecule has 88 valence electrons. The predicted octanol–water partition coefficient (Wildman–Crippen LogP) is 2.82. The van der Waals surface area contributed by atoms with Crippen molar-refractivity contribution in [2.24, 2.45) is 5.92 Å². The van der Waals surface area contributed by atoms with E-state index in [-0.39, 0.29) is 0 Å². The lowest BCUT2D eigenvalue weighted by Crippen LogP contribution is -2.28. The van der Waals surface area contributed by atoms with E-state index in [1.807, 2.05) is 0 Å². The number of benzene rings is 1. The molecule has 0 unspecified atom stereocenters. The molecule has 0 saturated carbocycles. The summed E-state index contributed by atoms with van der Waals surface area (Å²) in [6.07, 6.45) is 2.89. The molecule has 0 amide bonds. The van der Waals surface area contributed by atoms with Crippen LogP contribution >= 0.6 is 0 Å². The Kier molecular flexibility index (Phi) is 3.54. The second-order valence-electron chi connectivity index (χ2n) is 4.59. The minimum Gasteiger partial charge on any atom is -0.317 e. The molecule has 0 aromatic heterocycles. The molecule has 1 fully saturated rings. The SMILES string of the molecule is Cc1cc(CC2CCNCC2)c(F)cc1F. The monoisotopic (exact) mass is 225 g/mol. The molecule has 1 aliphatic rings.